The highest BCUT2D eigenvalue weighted by atomic mass is 16.5. The van der Waals surface area contributed by atoms with Gasteiger partial charge in [-0.05, 0) is 26.2 Å². The molecule has 0 rings (SSSR count). The predicted octanol–water partition coefficient (Wildman–Crippen LogP) is 4.03. The number of esters is 1. The van der Waals surface area contributed by atoms with E-state index < -0.39 is 5.54 Å². The second-order valence-electron chi connectivity index (χ2n) is 5.13. The molecule has 0 aromatic carbocycles. The van der Waals surface area contributed by atoms with E-state index in [9.17, 15) is 4.79 Å². The fraction of sp³-hybridized carbons (Fsp3) is 0.867. The molecule has 0 heterocycles. The Kier molecular flexibility index (Phi) is 10.6. The van der Waals surface area contributed by atoms with Crippen molar-refractivity contribution in [3.63, 3.8) is 0 Å². The van der Waals surface area contributed by atoms with Crippen LogP contribution in [0.2, 0.25) is 0 Å². The number of azo groups is 1. The lowest BCUT2D eigenvalue weighted by Gasteiger charge is -2.14. The van der Waals surface area contributed by atoms with Crippen molar-refractivity contribution >= 4 is 5.97 Å². The molecule has 0 radical (unpaired) electrons. The van der Waals surface area contributed by atoms with Crippen LogP contribution in [0.5, 0.6) is 0 Å². The lowest BCUT2D eigenvalue weighted by molar-refractivity contribution is -0.144. The number of unbranched alkanes of at least 4 members (excludes halogenated alkanes) is 3. The molecule has 0 amide bonds. The Morgan fingerprint density at radius 1 is 1.25 bits per heavy atom. The van der Waals surface area contributed by atoms with Crippen molar-refractivity contribution in [2.75, 3.05) is 13.2 Å². The van der Waals surface area contributed by atoms with Crippen molar-refractivity contribution < 1.29 is 9.53 Å². The Morgan fingerprint density at radius 2 is 1.95 bits per heavy atom. The van der Waals surface area contributed by atoms with Crippen molar-refractivity contribution in [2.45, 2.75) is 71.3 Å². The normalized spacial score (nSPS) is 13.9. The van der Waals surface area contributed by atoms with Crippen LogP contribution in [-0.4, -0.2) is 24.7 Å². The summed E-state index contributed by atoms with van der Waals surface area (Å²) in [5.41, 5.74) is -0.921. The smallest absolute Gasteiger partial charge is 0.305 e. The van der Waals surface area contributed by atoms with Crippen LogP contribution in [0.25, 0.3) is 0 Å². The van der Waals surface area contributed by atoms with Gasteiger partial charge in [-0.25, -0.2) is 0 Å². The molecule has 1 atom stereocenters. The summed E-state index contributed by atoms with van der Waals surface area (Å²) >= 11 is 0. The van der Waals surface area contributed by atoms with E-state index in [-0.39, 0.29) is 12.4 Å². The number of nitrogens with zero attached hydrogens (tertiary/aromatic N) is 3. The molecule has 0 N–H and O–H groups in total. The molecule has 20 heavy (non-hydrogen) atoms. The summed E-state index contributed by atoms with van der Waals surface area (Å²) in [4.78, 5) is 11.5. The molecule has 0 fully saturated rings. The second-order valence-corrected chi connectivity index (χ2v) is 5.13. The number of hydrogen-bond donors (Lipinski definition) is 0. The van der Waals surface area contributed by atoms with Crippen molar-refractivity contribution in [3.05, 3.63) is 0 Å². The number of hydrogen-bond acceptors (Lipinski definition) is 5. The second kappa shape index (κ2) is 11.4. The Labute approximate surface area is 122 Å². The van der Waals surface area contributed by atoms with Gasteiger partial charge in [0.05, 0.1) is 19.2 Å². The molecule has 0 aromatic rings. The monoisotopic (exact) mass is 281 g/mol. The van der Waals surface area contributed by atoms with Gasteiger partial charge >= 0.3 is 5.97 Å². The summed E-state index contributed by atoms with van der Waals surface area (Å²) in [6.07, 6.45) is 5.67. The molecule has 0 saturated carbocycles. The summed E-state index contributed by atoms with van der Waals surface area (Å²) in [6, 6.07) is 2.12. The first kappa shape index (κ1) is 18.6. The van der Waals surface area contributed by atoms with Gasteiger partial charge < -0.3 is 4.74 Å². The summed E-state index contributed by atoms with van der Waals surface area (Å²) in [7, 11) is 0. The number of carbonyl (C=O) groups excluding carboxylic acids is 1. The minimum absolute atomic E-state index is 0.210. The zero-order valence-electron chi connectivity index (χ0n) is 13.0. The third-order valence-corrected chi connectivity index (χ3v) is 2.97. The van der Waals surface area contributed by atoms with Gasteiger partial charge in [-0.2, -0.15) is 15.5 Å². The zero-order valence-corrected chi connectivity index (χ0v) is 13.0. The van der Waals surface area contributed by atoms with E-state index in [0.717, 1.165) is 32.1 Å². The maximum absolute atomic E-state index is 11.5. The first-order chi connectivity index (χ1) is 9.58. The highest BCUT2D eigenvalue weighted by molar-refractivity contribution is 5.69. The van der Waals surface area contributed by atoms with Crippen molar-refractivity contribution in [1.29, 1.82) is 5.26 Å². The lowest BCUT2D eigenvalue weighted by Crippen LogP contribution is -2.21. The number of carbonyl (C=O) groups is 1. The molecule has 1 unspecified atom stereocenters. The molecule has 0 bridgehead atoms. The van der Waals surface area contributed by atoms with Gasteiger partial charge in [-0.15, -0.1) is 0 Å². The highest BCUT2D eigenvalue weighted by Crippen LogP contribution is 2.18. The Hall–Kier alpha value is -1.44. The number of ether oxygens (including phenoxy) is 1. The molecule has 0 aliphatic heterocycles. The molecule has 0 aliphatic carbocycles. The van der Waals surface area contributed by atoms with Crippen LogP contribution >= 0.6 is 0 Å². The highest BCUT2D eigenvalue weighted by Gasteiger charge is 2.24. The van der Waals surface area contributed by atoms with Gasteiger partial charge in [0.1, 0.15) is 0 Å². The molecule has 0 aliphatic rings. The van der Waals surface area contributed by atoms with Gasteiger partial charge in [0.2, 0.25) is 0 Å². The fourth-order valence-corrected chi connectivity index (χ4v) is 1.51. The molecular formula is C15H27N3O2. The van der Waals surface area contributed by atoms with E-state index in [0.29, 0.717) is 19.6 Å². The van der Waals surface area contributed by atoms with Crippen LogP contribution in [-0.2, 0) is 9.53 Å². The molecule has 114 valence electrons. The van der Waals surface area contributed by atoms with Gasteiger partial charge in [-0.1, -0.05) is 33.1 Å². The zero-order chi connectivity index (χ0) is 15.3. The largest absolute Gasteiger partial charge is 0.466 e. The average molecular weight is 281 g/mol. The van der Waals surface area contributed by atoms with Crippen LogP contribution in [0.4, 0.5) is 0 Å². The molecule has 0 saturated heterocycles. The van der Waals surface area contributed by atoms with Crippen LogP contribution < -0.4 is 0 Å². The van der Waals surface area contributed by atoms with E-state index >= 15 is 0 Å². The van der Waals surface area contributed by atoms with E-state index in [1.54, 1.807) is 6.92 Å². The van der Waals surface area contributed by atoms with Crippen molar-refractivity contribution in [1.82, 2.24) is 0 Å². The minimum Gasteiger partial charge on any atom is -0.466 e. The van der Waals surface area contributed by atoms with Crippen molar-refractivity contribution in [2.24, 2.45) is 10.2 Å². The first-order valence-corrected chi connectivity index (χ1v) is 7.53. The van der Waals surface area contributed by atoms with Gasteiger partial charge in [0.25, 0.3) is 0 Å². The Bertz CT molecular complexity index is 337. The van der Waals surface area contributed by atoms with Gasteiger partial charge in [0, 0.05) is 6.42 Å². The third-order valence-electron chi connectivity index (χ3n) is 2.97. The topological polar surface area (TPSA) is 74.8 Å². The molecular weight excluding hydrogens is 254 g/mol. The molecule has 5 nitrogen and oxygen atoms in total. The molecule has 5 heteroatoms. The van der Waals surface area contributed by atoms with Gasteiger partial charge in [0.15, 0.2) is 5.54 Å². The Balaban J connectivity index is 4.04. The standard InChI is InChI=1S/C15H27N3O2/c1-4-6-8-11-17-18-15(3,13-16)10-9-14(19)20-12-7-5-2/h4-12H2,1-3H3/b18-17+. The summed E-state index contributed by atoms with van der Waals surface area (Å²) in [5, 5.41) is 17.3. The predicted molar refractivity (Wildman–Crippen MR) is 78.4 cm³/mol. The van der Waals surface area contributed by atoms with Crippen LogP contribution in [0.15, 0.2) is 10.2 Å². The summed E-state index contributed by atoms with van der Waals surface area (Å²) in [5.74, 6) is -0.263. The van der Waals surface area contributed by atoms with Gasteiger partial charge in [-0.3, -0.25) is 4.79 Å². The fourth-order valence-electron chi connectivity index (χ4n) is 1.51. The van der Waals surface area contributed by atoms with Crippen LogP contribution in [0.1, 0.15) is 65.7 Å². The maximum atomic E-state index is 11.5. The van der Waals surface area contributed by atoms with Crippen LogP contribution in [0, 0.1) is 11.3 Å². The summed E-state index contributed by atoms with van der Waals surface area (Å²) < 4.78 is 5.06. The van der Waals surface area contributed by atoms with E-state index in [2.05, 4.69) is 23.2 Å². The van der Waals surface area contributed by atoms with E-state index in [4.69, 9.17) is 10.00 Å². The lowest BCUT2D eigenvalue weighted by atomic mass is 9.99. The Morgan fingerprint density at radius 3 is 2.55 bits per heavy atom. The maximum Gasteiger partial charge on any atom is 0.305 e. The van der Waals surface area contributed by atoms with E-state index in [1.165, 1.54) is 0 Å². The minimum atomic E-state index is -0.921. The molecule has 0 aromatic heterocycles. The third kappa shape index (κ3) is 9.48. The van der Waals surface area contributed by atoms with Crippen LogP contribution in [0.3, 0.4) is 0 Å². The first-order valence-electron chi connectivity index (χ1n) is 7.53. The number of nitriles is 1. The number of rotatable bonds is 11. The average Bonchev–Trinajstić information content (AvgIpc) is 2.45. The SMILES string of the molecule is CCCCC/N=N/C(C)(C#N)CCC(=O)OCCCC. The van der Waals surface area contributed by atoms with E-state index in [1.807, 2.05) is 6.92 Å². The summed E-state index contributed by atoms with van der Waals surface area (Å²) in [6.45, 7) is 6.97. The van der Waals surface area contributed by atoms with Crippen molar-refractivity contribution in [3.8, 4) is 6.07 Å². The quantitative estimate of drug-likeness (QED) is 0.326. The molecule has 0 spiro atoms.